The third-order valence-electron chi connectivity index (χ3n) is 3.18. The fourth-order valence-electron chi connectivity index (χ4n) is 2.07. The van der Waals surface area contributed by atoms with Crippen molar-refractivity contribution in [3.63, 3.8) is 0 Å². The molecular weight excluding hydrogens is 242 g/mol. The third kappa shape index (κ3) is 5.32. The summed E-state index contributed by atoms with van der Waals surface area (Å²) in [5, 5.41) is 18.8. The number of allylic oxidation sites excluding steroid dienone is 2. The Hall–Kier alpha value is -1.53. The van der Waals surface area contributed by atoms with E-state index in [2.05, 4.69) is 27.2 Å². The molecule has 5 N–H and O–H groups in total. The molecule has 1 heterocycles. The Balaban J connectivity index is 2.58. The van der Waals surface area contributed by atoms with Gasteiger partial charge in [-0.2, -0.15) is 5.10 Å². The summed E-state index contributed by atoms with van der Waals surface area (Å²) in [4.78, 5) is 2.23. The Morgan fingerprint density at radius 3 is 3.00 bits per heavy atom. The molecule has 6 heteroatoms. The van der Waals surface area contributed by atoms with Crippen molar-refractivity contribution in [1.29, 1.82) is 0 Å². The number of hydrogen-bond acceptors (Lipinski definition) is 6. The van der Waals surface area contributed by atoms with Crippen molar-refractivity contribution in [2.45, 2.75) is 18.9 Å². The number of hydrogen-bond donors (Lipinski definition) is 4. The summed E-state index contributed by atoms with van der Waals surface area (Å²) in [5.41, 5.74) is 1.76. The van der Waals surface area contributed by atoms with Gasteiger partial charge in [0.15, 0.2) is 0 Å². The highest BCUT2D eigenvalue weighted by Gasteiger charge is 2.21. The number of likely N-dealkylation sites (tertiary alicyclic amines) is 1. The zero-order chi connectivity index (χ0) is 14.1. The van der Waals surface area contributed by atoms with Gasteiger partial charge in [-0.1, -0.05) is 6.58 Å². The highest BCUT2D eigenvalue weighted by atomic mass is 16.3. The highest BCUT2D eigenvalue weighted by Crippen LogP contribution is 2.15. The standard InChI is InChI=1S/C13H25N5O/c1-11(16-5-3-7-19)8-13(9-17-14)18-6-4-12(10-18)15-2/h8-9,12,15-16,19H,1,3-7,10,14H2,2H3/b13-8+,17-9-/t12-/m0/s1. The van der Waals surface area contributed by atoms with Gasteiger partial charge in [-0.15, -0.1) is 0 Å². The van der Waals surface area contributed by atoms with E-state index in [1.54, 1.807) is 6.21 Å². The van der Waals surface area contributed by atoms with Crippen molar-refractivity contribution >= 4 is 6.21 Å². The minimum atomic E-state index is 0.178. The third-order valence-corrected chi connectivity index (χ3v) is 3.18. The van der Waals surface area contributed by atoms with Crippen molar-refractivity contribution in [3.05, 3.63) is 24.0 Å². The normalized spacial score (nSPS) is 20.2. The van der Waals surface area contributed by atoms with Crippen LogP contribution in [-0.4, -0.2) is 55.6 Å². The van der Waals surface area contributed by atoms with Gasteiger partial charge in [0.2, 0.25) is 0 Å². The lowest BCUT2D eigenvalue weighted by Crippen LogP contribution is -2.30. The molecule has 19 heavy (non-hydrogen) atoms. The maximum Gasteiger partial charge on any atom is 0.0700 e. The fourth-order valence-corrected chi connectivity index (χ4v) is 2.07. The molecule has 0 aromatic heterocycles. The van der Waals surface area contributed by atoms with E-state index in [4.69, 9.17) is 10.9 Å². The molecule has 0 amide bonds. The highest BCUT2D eigenvalue weighted by molar-refractivity contribution is 5.78. The quantitative estimate of drug-likeness (QED) is 0.158. The van der Waals surface area contributed by atoms with Crippen molar-refractivity contribution in [2.24, 2.45) is 10.9 Å². The van der Waals surface area contributed by atoms with Crippen LogP contribution >= 0.6 is 0 Å². The van der Waals surface area contributed by atoms with Crippen LogP contribution in [0.25, 0.3) is 0 Å². The second-order valence-electron chi connectivity index (χ2n) is 4.60. The molecule has 0 aromatic rings. The molecule has 1 saturated heterocycles. The smallest absolute Gasteiger partial charge is 0.0700 e. The van der Waals surface area contributed by atoms with Crippen LogP contribution in [0.1, 0.15) is 12.8 Å². The van der Waals surface area contributed by atoms with Gasteiger partial charge >= 0.3 is 0 Å². The van der Waals surface area contributed by atoms with E-state index < -0.39 is 0 Å². The predicted octanol–water partition coefficient (Wildman–Crippen LogP) is -0.406. The van der Waals surface area contributed by atoms with Gasteiger partial charge < -0.3 is 26.5 Å². The first kappa shape index (κ1) is 15.5. The van der Waals surface area contributed by atoms with Crippen molar-refractivity contribution in [3.8, 4) is 0 Å². The van der Waals surface area contributed by atoms with Crippen molar-refractivity contribution in [2.75, 3.05) is 33.3 Å². The van der Waals surface area contributed by atoms with Gasteiger partial charge in [0.1, 0.15) is 0 Å². The van der Waals surface area contributed by atoms with E-state index in [0.29, 0.717) is 19.0 Å². The number of likely N-dealkylation sites (N-methyl/N-ethyl adjacent to an activating group) is 1. The zero-order valence-corrected chi connectivity index (χ0v) is 11.6. The molecule has 0 saturated carbocycles. The molecule has 108 valence electrons. The summed E-state index contributed by atoms with van der Waals surface area (Å²) in [6.07, 6.45) is 5.40. The summed E-state index contributed by atoms with van der Waals surface area (Å²) in [5.74, 6) is 5.26. The van der Waals surface area contributed by atoms with Crippen LogP contribution in [0.3, 0.4) is 0 Å². The molecule has 0 unspecified atom stereocenters. The number of nitrogens with one attached hydrogen (secondary N) is 2. The molecular formula is C13H25N5O. The molecule has 0 aromatic carbocycles. The largest absolute Gasteiger partial charge is 0.396 e. The first-order valence-electron chi connectivity index (χ1n) is 6.62. The van der Waals surface area contributed by atoms with Gasteiger partial charge in [-0.25, -0.2) is 0 Å². The molecule has 1 atom stereocenters. The summed E-state index contributed by atoms with van der Waals surface area (Å²) in [6.45, 7) is 6.75. The minimum absolute atomic E-state index is 0.178. The Bertz CT molecular complexity index is 340. The lowest BCUT2D eigenvalue weighted by molar-refractivity contribution is 0.288. The van der Waals surface area contributed by atoms with E-state index >= 15 is 0 Å². The summed E-state index contributed by atoms with van der Waals surface area (Å²) in [6, 6.07) is 0.505. The monoisotopic (exact) mass is 267 g/mol. The Morgan fingerprint density at radius 1 is 1.63 bits per heavy atom. The molecule has 0 radical (unpaired) electrons. The molecule has 0 aliphatic carbocycles. The maximum absolute atomic E-state index is 8.74. The summed E-state index contributed by atoms with van der Waals surface area (Å²) >= 11 is 0. The second-order valence-corrected chi connectivity index (χ2v) is 4.60. The van der Waals surface area contributed by atoms with Gasteiger partial charge in [0, 0.05) is 38.0 Å². The van der Waals surface area contributed by atoms with Crippen LogP contribution in [0.4, 0.5) is 0 Å². The number of rotatable bonds is 8. The SMILES string of the molecule is C=C(/C=C(\C=N/N)N1CC[C@H](NC)C1)NCCCO. The summed E-state index contributed by atoms with van der Waals surface area (Å²) in [7, 11) is 1.98. The zero-order valence-electron chi connectivity index (χ0n) is 11.6. The van der Waals surface area contributed by atoms with Crippen molar-refractivity contribution in [1.82, 2.24) is 15.5 Å². The molecule has 1 rings (SSSR count). The van der Waals surface area contributed by atoms with E-state index in [1.807, 2.05) is 13.1 Å². The lowest BCUT2D eigenvalue weighted by Gasteiger charge is -2.20. The molecule has 0 bridgehead atoms. The van der Waals surface area contributed by atoms with Crippen LogP contribution in [0.2, 0.25) is 0 Å². The van der Waals surface area contributed by atoms with Crippen LogP contribution in [0.15, 0.2) is 29.2 Å². The van der Waals surface area contributed by atoms with E-state index in [-0.39, 0.29) is 6.61 Å². The van der Waals surface area contributed by atoms with Crippen LogP contribution in [0.5, 0.6) is 0 Å². The van der Waals surface area contributed by atoms with Gasteiger partial charge in [0.05, 0.1) is 11.9 Å². The average Bonchev–Trinajstić information content (AvgIpc) is 2.87. The molecule has 6 nitrogen and oxygen atoms in total. The van der Waals surface area contributed by atoms with Crippen molar-refractivity contribution < 1.29 is 5.11 Å². The second kappa shape index (κ2) is 8.55. The Morgan fingerprint density at radius 2 is 2.42 bits per heavy atom. The van der Waals surface area contributed by atoms with Crippen LogP contribution in [-0.2, 0) is 0 Å². The number of hydrazone groups is 1. The van der Waals surface area contributed by atoms with Crippen LogP contribution < -0.4 is 16.5 Å². The summed E-state index contributed by atoms with van der Waals surface area (Å²) < 4.78 is 0. The average molecular weight is 267 g/mol. The molecule has 0 spiro atoms. The predicted molar refractivity (Wildman–Crippen MR) is 78.6 cm³/mol. The number of nitrogens with zero attached hydrogens (tertiary/aromatic N) is 2. The lowest BCUT2D eigenvalue weighted by atomic mass is 10.3. The molecule has 1 aliphatic heterocycles. The first-order valence-corrected chi connectivity index (χ1v) is 6.62. The Labute approximate surface area is 115 Å². The van der Waals surface area contributed by atoms with E-state index in [1.165, 1.54) is 0 Å². The fraction of sp³-hybridized carbons (Fsp3) is 0.615. The number of nitrogens with two attached hydrogens (primary N) is 1. The topological polar surface area (TPSA) is 85.9 Å². The van der Waals surface area contributed by atoms with Gasteiger partial charge in [-0.3, -0.25) is 0 Å². The Kier molecular flexibility index (Phi) is 6.99. The van der Waals surface area contributed by atoms with E-state index in [9.17, 15) is 0 Å². The molecule has 1 fully saturated rings. The van der Waals surface area contributed by atoms with Gasteiger partial charge in [-0.05, 0) is 26.0 Å². The number of aliphatic hydroxyl groups is 1. The number of aliphatic hydroxyl groups excluding tert-OH is 1. The van der Waals surface area contributed by atoms with E-state index in [0.717, 1.165) is 30.9 Å². The first-order chi connectivity index (χ1) is 9.21. The minimum Gasteiger partial charge on any atom is -0.396 e. The van der Waals surface area contributed by atoms with Gasteiger partial charge in [0.25, 0.3) is 0 Å². The van der Waals surface area contributed by atoms with Crippen LogP contribution in [0, 0.1) is 0 Å². The molecule has 1 aliphatic rings. The maximum atomic E-state index is 8.74.